The number of hydrogen-bond acceptors (Lipinski definition) is 7. The number of phenols is 1. The van der Waals surface area contributed by atoms with Gasteiger partial charge in [-0.25, -0.2) is 0 Å². The van der Waals surface area contributed by atoms with Gasteiger partial charge in [-0.3, -0.25) is 28.9 Å². The summed E-state index contributed by atoms with van der Waals surface area (Å²) >= 11 is 0. The quantitative estimate of drug-likeness (QED) is 0.184. The molecule has 0 spiro atoms. The van der Waals surface area contributed by atoms with Crippen LogP contribution in [0.5, 0.6) is 11.5 Å². The van der Waals surface area contributed by atoms with E-state index in [4.69, 9.17) is 4.74 Å². The van der Waals surface area contributed by atoms with E-state index >= 15 is 0 Å². The minimum Gasteiger partial charge on any atom is -0.508 e. The molecule has 224 valence electrons. The van der Waals surface area contributed by atoms with Gasteiger partial charge in [0.15, 0.2) is 17.3 Å². The monoisotopic (exact) mass is 599 g/mol. The van der Waals surface area contributed by atoms with Crippen LogP contribution in [0.3, 0.4) is 0 Å². The number of benzene rings is 3. The summed E-state index contributed by atoms with van der Waals surface area (Å²) in [5.74, 6) is -3.61. The number of ether oxygens (including phenoxy) is 1. The smallest absolute Gasteiger partial charge is 0.238 e. The lowest BCUT2D eigenvalue weighted by Gasteiger charge is -2.42. The van der Waals surface area contributed by atoms with Crippen LogP contribution in [0, 0.1) is 17.8 Å². The highest BCUT2D eigenvalue weighted by Crippen LogP contribution is 2.56. The van der Waals surface area contributed by atoms with Gasteiger partial charge in [0.25, 0.3) is 0 Å². The largest absolute Gasteiger partial charge is 0.508 e. The molecule has 1 heterocycles. The zero-order valence-corrected chi connectivity index (χ0v) is 24.7. The van der Waals surface area contributed by atoms with Crippen molar-refractivity contribution < 1.29 is 33.8 Å². The first kappa shape index (κ1) is 28.4. The number of nitrogens with zero attached hydrogens (tertiary/aromatic N) is 1. The van der Waals surface area contributed by atoms with Crippen molar-refractivity contribution in [2.24, 2.45) is 17.8 Å². The van der Waals surface area contributed by atoms with Crippen molar-refractivity contribution in [2.75, 3.05) is 12.0 Å². The number of rotatable bonds is 5. The van der Waals surface area contributed by atoms with Crippen LogP contribution in [0.2, 0.25) is 0 Å². The number of amides is 2. The number of ketones is 3. The van der Waals surface area contributed by atoms with E-state index in [0.717, 1.165) is 5.57 Å². The van der Waals surface area contributed by atoms with Crippen LogP contribution < -0.4 is 9.64 Å². The van der Waals surface area contributed by atoms with Gasteiger partial charge in [0.1, 0.15) is 11.5 Å². The number of fused-ring (bicyclic) bond motifs is 3. The molecule has 1 saturated heterocycles. The first-order chi connectivity index (χ1) is 21.7. The molecule has 3 aromatic rings. The molecule has 8 nitrogen and oxygen atoms in total. The maximum absolute atomic E-state index is 14.2. The van der Waals surface area contributed by atoms with Crippen molar-refractivity contribution in [3.63, 3.8) is 0 Å². The Morgan fingerprint density at radius 3 is 2.31 bits per heavy atom. The summed E-state index contributed by atoms with van der Waals surface area (Å²) in [6.45, 7) is 1.60. The van der Waals surface area contributed by atoms with Crippen molar-refractivity contribution in [1.29, 1.82) is 0 Å². The van der Waals surface area contributed by atoms with Crippen LogP contribution in [0.15, 0.2) is 107 Å². The standard InChI is InChI=1S/C37H29NO7/c1-19-16-29(40)33-28(34(19)41)18-27-24(31(33)25-13-12-23(39)17-30(25)45-2)14-15-26-32(27)37(44)38(36(26)43)22-10-8-21(9-11-22)35(42)20-6-4-3-5-7-20/h3-14,16-17,26-27,31-32,39H,15,18H2,1-2H3/t26-,27+,31+,32-/m0/s1. The first-order valence-corrected chi connectivity index (χ1v) is 14.8. The minimum atomic E-state index is -0.739. The predicted molar refractivity (Wildman–Crippen MR) is 165 cm³/mol. The second-order valence-electron chi connectivity index (χ2n) is 11.9. The van der Waals surface area contributed by atoms with Crippen molar-refractivity contribution in [3.8, 4) is 11.5 Å². The molecule has 4 aliphatic rings. The molecule has 8 heteroatoms. The molecule has 45 heavy (non-hydrogen) atoms. The van der Waals surface area contributed by atoms with Gasteiger partial charge < -0.3 is 9.84 Å². The zero-order chi connectivity index (χ0) is 31.6. The maximum atomic E-state index is 14.2. The lowest BCUT2D eigenvalue weighted by atomic mass is 9.59. The van der Waals surface area contributed by atoms with Crippen molar-refractivity contribution in [3.05, 3.63) is 124 Å². The fourth-order valence-corrected chi connectivity index (χ4v) is 7.45. The second kappa shape index (κ2) is 10.7. The molecule has 0 unspecified atom stereocenters. The van der Waals surface area contributed by atoms with E-state index in [-0.39, 0.29) is 41.3 Å². The highest BCUT2D eigenvalue weighted by atomic mass is 16.5. The predicted octanol–water partition coefficient (Wildman–Crippen LogP) is 5.27. The zero-order valence-electron chi connectivity index (χ0n) is 24.7. The normalized spacial score (nSPS) is 24.1. The number of carbonyl (C=O) groups is 5. The lowest BCUT2D eigenvalue weighted by Crippen LogP contribution is -2.39. The van der Waals surface area contributed by atoms with E-state index in [1.165, 1.54) is 30.2 Å². The second-order valence-corrected chi connectivity index (χ2v) is 11.9. The van der Waals surface area contributed by atoms with Crippen molar-refractivity contribution >= 4 is 34.9 Å². The van der Waals surface area contributed by atoms with Gasteiger partial charge in [-0.1, -0.05) is 48.0 Å². The number of aromatic hydroxyl groups is 1. The average Bonchev–Trinajstić information content (AvgIpc) is 3.32. The number of hydrogen-bond donors (Lipinski definition) is 1. The van der Waals surface area contributed by atoms with Gasteiger partial charge in [0, 0.05) is 45.4 Å². The van der Waals surface area contributed by atoms with Gasteiger partial charge in [-0.2, -0.15) is 0 Å². The van der Waals surface area contributed by atoms with Crippen LogP contribution in [0.25, 0.3) is 0 Å². The number of phenolic OH excluding ortho intramolecular Hbond substituents is 1. The van der Waals surface area contributed by atoms with E-state index in [9.17, 15) is 29.1 Å². The summed E-state index contributed by atoms with van der Waals surface area (Å²) in [4.78, 5) is 69.2. The molecule has 0 radical (unpaired) electrons. The Bertz CT molecular complexity index is 1920. The fourth-order valence-electron chi connectivity index (χ4n) is 7.45. The number of allylic oxidation sites excluding steroid dienone is 6. The fraction of sp³-hybridized carbons (Fsp3) is 0.216. The Labute approximate surface area is 259 Å². The first-order valence-electron chi connectivity index (χ1n) is 14.8. The molecule has 0 saturated carbocycles. The summed E-state index contributed by atoms with van der Waals surface area (Å²) in [6, 6.07) is 19.9. The summed E-state index contributed by atoms with van der Waals surface area (Å²) in [5, 5.41) is 10.1. The van der Waals surface area contributed by atoms with Crippen LogP contribution in [0.1, 0.15) is 47.2 Å². The van der Waals surface area contributed by atoms with Gasteiger partial charge in [0.2, 0.25) is 11.8 Å². The molecule has 1 N–H and O–H groups in total. The molecule has 1 fully saturated rings. The number of Topliss-reactive ketones (excluding diaryl/α,β-unsaturated/α-hetero) is 1. The van der Waals surface area contributed by atoms with E-state index in [2.05, 4.69) is 0 Å². The topological polar surface area (TPSA) is 118 Å². The molecular formula is C37H29NO7. The third kappa shape index (κ3) is 4.39. The van der Waals surface area contributed by atoms with Crippen LogP contribution in [-0.4, -0.2) is 41.4 Å². The van der Waals surface area contributed by atoms with Crippen LogP contribution in [-0.2, 0) is 19.2 Å². The molecule has 7 rings (SSSR count). The molecule has 0 bridgehead atoms. The Hall–Kier alpha value is -5.37. The summed E-state index contributed by atoms with van der Waals surface area (Å²) in [7, 11) is 1.47. The summed E-state index contributed by atoms with van der Waals surface area (Å²) < 4.78 is 5.60. The molecule has 3 aliphatic carbocycles. The minimum absolute atomic E-state index is 0.0136. The van der Waals surface area contributed by atoms with Gasteiger partial charge in [0.05, 0.1) is 24.6 Å². The SMILES string of the molecule is COc1cc(O)ccc1[C@H]1C2=CC[C@@H]3C(=O)N(c4ccc(C(=O)c5ccccc5)cc4)C(=O)[C@@H]3[C@@H]2CC2=C1C(=O)C=C(C)C2=O. The van der Waals surface area contributed by atoms with Crippen LogP contribution >= 0.6 is 0 Å². The Morgan fingerprint density at radius 2 is 1.60 bits per heavy atom. The Balaban J connectivity index is 1.27. The third-order valence-corrected chi connectivity index (χ3v) is 9.51. The molecule has 3 aromatic carbocycles. The number of carbonyl (C=O) groups excluding carboxylic acids is 5. The van der Waals surface area contributed by atoms with Crippen molar-refractivity contribution in [1.82, 2.24) is 0 Å². The number of anilines is 1. The Morgan fingerprint density at radius 1 is 0.889 bits per heavy atom. The van der Waals surface area contributed by atoms with E-state index in [1.54, 1.807) is 61.5 Å². The number of imide groups is 1. The lowest BCUT2D eigenvalue weighted by molar-refractivity contribution is -0.123. The highest BCUT2D eigenvalue weighted by Gasteiger charge is 2.56. The molecule has 1 aliphatic heterocycles. The number of methoxy groups -OCH3 is 1. The van der Waals surface area contributed by atoms with E-state index in [1.807, 2.05) is 12.1 Å². The van der Waals surface area contributed by atoms with Gasteiger partial charge >= 0.3 is 0 Å². The highest BCUT2D eigenvalue weighted by molar-refractivity contribution is 6.25. The third-order valence-electron chi connectivity index (χ3n) is 9.51. The molecule has 2 amide bonds. The van der Waals surface area contributed by atoms with Crippen LogP contribution in [0.4, 0.5) is 5.69 Å². The molecule has 4 atom stereocenters. The Kier molecular flexibility index (Phi) is 6.73. The molecular weight excluding hydrogens is 570 g/mol. The van der Waals surface area contributed by atoms with E-state index < -0.39 is 23.7 Å². The van der Waals surface area contributed by atoms with E-state index in [0.29, 0.717) is 51.3 Å². The van der Waals surface area contributed by atoms with Crippen molar-refractivity contribution in [2.45, 2.75) is 25.7 Å². The summed E-state index contributed by atoms with van der Waals surface area (Å²) in [6.07, 6.45) is 3.74. The summed E-state index contributed by atoms with van der Waals surface area (Å²) in [5.41, 5.74) is 3.77. The molecule has 0 aromatic heterocycles. The van der Waals surface area contributed by atoms with Gasteiger partial charge in [-0.05, 0) is 62.1 Å². The maximum Gasteiger partial charge on any atom is 0.238 e. The van der Waals surface area contributed by atoms with Gasteiger partial charge in [-0.15, -0.1) is 0 Å². The average molecular weight is 600 g/mol.